The summed E-state index contributed by atoms with van der Waals surface area (Å²) in [7, 11) is 0. The number of hydrogen-bond donors (Lipinski definition) is 3. The minimum atomic E-state index is -0.262. The fraction of sp³-hybridized carbons (Fsp3) is 0.545. The number of nitrogens with two attached hydrogens (primary N) is 1. The SMILES string of the molecule is CC1(CNC(=O)c2cnc(NN)cn2)CCCO1. The van der Waals surface area contributed by atoms with Crippen molar-refractivity contribution in [2.24, 2.45) is 5.84 Å². The lowest BCUT2D eigenvalue weighted by molar-refractivity contribution is 0.0205. The highest BCUT2D eigenvalue weighted by molar-refractivity contribution is 5.92. The third kappa shape index (κ3) is 2.93. The first-order valence-corrected chi connectivity index (χ1v) is 5.84. The average Bonchev–Trinajstić information content (AvgIpc) is 2.83. The van der Waals surface area contributed by atoms with E-state index in [1.807, 2.05) is 6.92 Å². The second-order valence-corrected chi connectivity index (χ2v) is 4.52. The molecule has 98 valence electrons. The van der Waals surface area contributed by atoms with Crippen LogP contribution in [0.2, 0.25) is 0 Å². The molecule has 18 heavy (non-hydrogen) atoms. The smallest absolute Gasteiger partial charge is 0.271 e. The van der Waals surface area contributed by atoms with Crippen LogP contribution in [0.5, 0.6) is 0 Å². The maximum Gasteiger partial charge on any atom is 0.271 e. The van der Waals surface area contributed by atoms with Crippen molar-refractivity contribution < 1.29 is 9.53 Å². The first kappa shape index (κ1) is 12.7. The molecule has 2 rings (SSSR count). The number of amides is 1. The van der Waals surface area contributed by atoms with E-state index in [9.17, 15) is 4.79 Å². The first-order chi connectivity index (χ1) is 8.63. The minimum absolute atomic E-state index is 0.260. The topological polar surface area (TPSA) is 102 Å². The Kier molecular flexibility index (Phi) is 3.73. The molecule has 2 heterocycles. The predicted octanol–water partition coefficient (Wildman–Crippen LogP) is 0.0611. The number of nitrogens with zero attached hydrogens (tertiary/aromatic N) is 2. The zero-order valence-corrected chi connectivity index (χ0v) is 10.3. The number of aromatic nitrogens is 2. The molecule has 1 aliphatic heterocycles. The summed E-state index contributed by atoms with van der Waals surface area (Å²) in [6, 6.07) is 0. The van der Waals surface area contributed by atoms with Crippen molar-refractivity contribution in [2.75, 3.05) is 18.6 Å². The average molecular weight is 251 g/mol. The summed E-state index contributed by atoms with van der Waals surface area (Å²) in [6.07, 6.45) is 4.77. The Labute approximate surface area is 105 Å². The first-order valence-electron chi connectivity index (χ1n) is 5.84. The largest absolute Gasteiger partial charge is 0.373 e. The van der Waals surface area contributed by atoms with Gasteiger partial charge in [0.25, 0.3) is 5.91 Å². The van der Waals surface area contributed by atoms with Crippen molar-refractivity contribution in [3.05, 3.63) is 18.1 Å². The van der Waals surface area contributed by atoms with E-state index in [0.29, 0.717) is 12.4 Å². The number of anilines is 1. The number of rotatable bonds is 4. The van der Waals surface area contributed by atoms with E-state index in [4.69, 9.17) is 10.6 Å². The lowest BCUT2D eigenvalue weighted by Crippen LogP contribution is -2.40. The van der Waals surface area contributed by atoms with E-state index in [0.717, 1.165) is 19.4 Å². The fourth-order valence-corrected chi connectivity index (χ4v) is 1.85. The van der Waals surface area contributed by atoms with E-state index in [-0.39, 0.29) is 17.2 Å². The summed E-state index contributed by atoms with van der Waals surface area (Å²) >= 11 is 0. The fourth-order valence-electron chi connectivity index (χ4n) is 1.85. The van der Waals surface area contributed by atoms with Crippen LogP contribution >= 0.6 is 0 Å². The Bertz CT molecular complexity index is 414. The molecular weight excluding hydrogens is 234 g/mol. The summed E-state index contributed by atoms with van der Waals surface area (Å²) in [5.41, 5.74) is 2.35. The van der Waals surface area contributed by atoms with E-state index in [1.165, 1.54) is 12.4 Å². The molecule has 0 bridgehead atoms. The number of nitrogens with one attached hydrogen (secondary N) is 2. The summed E-state index contributed by atoms with van der Waals surface area (Å²) in [5.74, 6) is 5.32. The van der Waals surface area contributed by atoms with E-state index < -0.39 is 0 Å². The molecule has 7 nitrogen and oxygen atoms in total. The van der Waals surface area contributed by atoms with Crippen molar-refractivity contribution in [3.63, 3.8) is 0 Å². The van der Waals surface area contributed by atoms with Crippen molar-refractivity contribution in [2.45, 2.75) is 25.4 Å². The number of carbonyl (C=O) groups is 1. The molecule has 0 aliphatic carbocycles. The maximum atomic E-state index is 11.8. The molecule has 0 spiro atoms. The third-order valence-electron chi connectivity index (χ3n) is 2.96. The highest BCUT2D eigenvalue weighted by Crippen LogP contribution is 2.23. The van der Waals surface area contributed by atoms with Crippen LogP contribution in [0, 0.1) is 0 Å². The van der Waals surface area contributed by atoms with Crippen LogP contribution in [0.25, 0.3) is 0 Å². The van der Waals surface area contributed by atoms with Crippen LogP contribution in [-0.4, -0.2) is 34.6 Å². The normalized spacial score (nSPS) is 22.8. The van der Waals surface area contributed by atoms with Crippen molar-refractivity contribution in [3.8, 4) is 0 Å². The van der Waals surface area contributed by atoms with Gasteiger partial charge in [-0.05, 0) is 19.8 Å². The zero-order valence-electron chi connectivity index (χ0n) is 10.3. The molecule has 0 radical (unpaired) electrons. The summed E-state index contributed by atoms with van der Waals surface area (Å²) < 4.78 is 5.59. The van der Waals surface area contributed by atoms with E-state index in [1.54, 1.807) is 0 Å². The molecule has 1 aromatic rings. The zero-order chi connectivity index (χ0) is 13.0. The van der Waals surface area contributed by atoms with Gasteiger partial charge in [0, 0.05) is 13.2 Å². The van der Waals surface area contributed by atoms with Gasteiger partial charge in [-0.25, -0.2) is 15.8 Å². The highest BCUT2D eigenvalue weighted by Gasteiger charge is 2.30. The van der Waals surface area contributed by atoms with Crippen LogP contribution < -0.4 is 16.6 Å². The third-order valence-corrected chi connectivity index (χ3v) is 2.96. The molecule has 1 aliphatic rings. The second-order valence-electron chi connectivity index (χ2n) is 4.52. The molecular formula is C11H17N5O2. The van der Waals surface area contributed by atoms with Gasteiger partial charge in [0.05, 0.1) is 18.0 Å². The molecule has 4 N–H and O–H groups in total. The van der Waals surface area contributed by atoms with Crippen LogP contribution in [0.1, 0.15) is 30.3 Å². The van der Waals surface area contributed by atoms with Gasteiger partial charge in [0.1, 0.15) is 5.69 Å². The van der Waals surface area contributed by atoms with Crippen LogP contribution in [-0.2, 0) is 4.74 Å². The van der Waals surface area contributed by atoms with Crippen LogP contribution in [0.3, 0.4) is 0 Å². The molecule has 1 amide bonds. The van der Waals surface area contributed by atoms with Crippen molar-refractivity contribution in [1.29, 1.82) is 0 Å². The quantitative estimate of drug-likeness (QED) is 0.516. The standard InChI is InChI=1S/C11H17N5O2/c1-11(3-2-4-18-11)7-15-10(17)8-5-14-9(16-12)6-13-8/h5-6H,2-4,7,12H2,1H3,(H,14,16)(H,15,17). The molecule has 7 heteroatoms. The highest BCUT2D eigenvalue weighted by atomic mass is 16.5. The van der Waals surface area contributed by atoms with Crippen LogP contribution in [0.15, 0.2) is 12.4 Å². The van der Waals surface area contributed by atoms with Crippen molar-refractivity contribution >= 4 is 11.7 Å². The van der Waals surface area contributed by atoms with Gasteiger partial charge >= 0.3 is 0 Å². The number of ether oxygens (including phenoxy) is 1. The maximum absolute atomic E-state index is 11.8. The molecule has 1 saturated heterocycles. The van der Waals surface area contributed by atoms with Gasteiger partial charge in [-0.15, -0.1) is 0 Å². The number of nitrogen functional groups attached to an aromatic ring is 1. The summed E-state index contributed by atoms with van der Waals surface area (Å²) in [5, 5.41) is 2.80. The van der Waals surface area contributed by atoms with E-state index >= 15 is 0 Å². The molecule has 1 atom stereocenters. The van der Waals surface area contributed by atoms with Gasteiger partial charge in [-0.1, -0.05) is 0 Å². The van der Waals surface area contributed by atoms with Crippen LogP contribution in [0.4, 0.5) is 5.82 Å². The molecule has 0 saturated carbocycles. The number of hydrogen-bond acceptors (Lipinski definition) is 6. The molecule has 1 unspecified atom stereocenters. The van der Waals surface area contributed by atoms with Gasteiger partial charge in [-0.2, -0.15) is 0 Å². The summed E-state index contributed by atoms with van der Waals surface area (Å²) in [4.78, 5) is 19.7. The monoisotopic (exact) mass is 251 g/mol. The Morgan fingerprint density at radius 2 is 2.39 bits per heavy atom. The Balaban J connectivity index is 1.90. The van der Waals surface area contributed by atoms with Crippen molar-refractivity contribution in [1.82, 2.24) is 15.3 Å². The number of hydrazine groups is 1. The number of carbonyl (C=O) groups excluding carboxylic acids is 1. The Hall–Kier alpha value is -1.73. The van der Waals surface area contributed by atoms with Gasteiger partial charge in [0.15, 0.2) is 5.82 Å². The second kappa shape index (κ2) is 5.28. The van der Waals surface area contributed by atoms with E-state index in [2.05, 4.69) is 20.7 Å². The lowest BCUT2D eigenvalue weighted by Gasteiger charge is -2.23. The van der Waals surface area contributed by atoms with Gasteiger partial charge in [-0.3, -0.25) is 4.79 Å². The molecule has 1 aromatic heterocycles. The molecule has 1 fully saturated rings. The van der Waals surface area contributed by atoms with Gasteiger partial charge < -0.3 is 15.5 Å². The predicted molar refractivity (Wildman–Crippen MR) is 65.8 cm³/mol. The van der Waals surface area contributed by atoms with Gasteiger partial charge in [0.2, 0.25) is 0 Å². The Morgan fingerprint density at radius 3 is 2.94 bits per heavy atom. The molecule has 0 aromatic carbocycles. The minimum Gasteiger partial charge on any atom is -0.373 e. The Morgan fingerprint density at radius 1 is 1.56 bits per heavy atom. The summed E-state index contributed by atoms with van der Waals surface area (Å²) in [6.45, 7) is 3.22. The lowest BCUT2D eigenvalue weighted by atomic mass is 10.0.